The Labute approximate surface area is 107 Å². The molecule has 5 nitrogen and oxygen atoms in total. The normalized spacial score (nSPS) is 9.47. The highest BCUT2D eigenvalue weighted by molar-refractivity contribution is 6.41. The van der Waals surface area contributed by atoms with Crippen molar-refractivity contribution in [2.24, 2.45) is 0 Å². The lowest BCUT2D eigenvalue weighted by molar-refractivity contribution is -0.115. The van der Waals surface area contributed by atoms with Gasteiger partial charge in [-0.25, -0.2) is 4.79 Å². The highest BCUT2D eigenvalue weighted by atomic mass is 35.5. The van der Waals surface area contributed by atoms with E-state index in [4.69, 9.17) is 33.6 Å². The predicted octanol–water partition coefficient (Wildman–Crippen LogP) is 2.54. The molecule has 0 saturated carbocycles. The number of carbonyl (C=O) groups is 2. The number of hydrogen-bond donors (Lipinski definition) is 2. The minimum absolute atomic E-state index is 0.0271. The summed E-state index contributed by atoms with van der Waals surface area (Å²) in [5.74, 6) is -1.87. The van der Waals surface area contributed by atoms with Gasteiger partial charge in [0.05, 0.1) is 27.4 Å². The van der Waals surface area contributed by atoms with Crippen LogP contribution in [0.3, 0.4) is 0 Å². The Bertz CT molecular complexity index is 523. The molecule has 17 heavy (non-hydrogen) atoms. The average molecular weight is 273 g/mol. The number of aromatic carboxylic acids is 1. The van der Waals surface area contributed by atoms with Crippen molar-refractivity contribution in [2.75, 3.05) is 5.32 Å². The van der Waals surface area contributed by atoms with E-state index in [0.29, 0.717) is 0 Å². The number of rotatable bonds is 3. The van der Waals surface area contributed by atoms with E-state index in [-0.39, 0.29) is 27.7 Å². The third kappa shape index (κ3) is 3.09. The minimum atomic E-state index is -1.30. The summed E-state index contributed by atoms with van der Waals surface area (Å²) in [6, 6.07) is 4.33. The summed E-state index contributed by atoms with van der Waals surface area (Å²) in [5, 5.41) is 19.3. The first kappa shape index (κ1) is 13.3. The van der Waals surface area contributed by atoms with Crippen LogP contribution in [0.15, 0.2) is 12.1 Å². The summed E-state index contributed by atoms with van der Waals surface area (Å²) in [6.45, 7) is 0. The van der Waals surface area contributed by atoms with Crippen molar-refractivity contribution in [1.82, 2.24) is 0 Å². The molecule has 0 unspecified atom stereocenters. The van der Waals surface area contributed by atoms with Gasteiger partial charge < -0.3 is 10.4 Å². The van der Waals surface area contributed by atoms with Crippen molar-refractivity contribution < 1.29 is 14.7 Å². The molecule has 0 bridgehead atoms. The van der Waals surface area contributed by atoms with Crippen LogP contribution in [0.1, 0.15) is 16.8 Å². The molecule has 0 heterocycles. The maximum Gasteiger partial charge on any atom is 0.338 e. The van der Waals surface area contributed by atoms with Crippen LogP contribution in [0.4, 0.5) is 5.69 Å². The van der Waals surface area contributed by atoms with E-state index in [9.17, 15) is 9.59 Å². The van der Waals surface area contributed by atoms with Crippen LogP contribution in [-0.2, 0) is 4.79 Å². The maximum atomic E-state index is 11.2. The zero-order chi connectivity index (χ0) is 13.0. The van der Waals surface area contributed by atoms with Crippen LogP contribution in [0, 0.1) is 11.3 Å². The maximum absolute atomic E-state index is 11.2. The largest absolute Gasteiger partial charge is 0.478 e. The van der Waals surface area contributed by atoms with E-state index in [0.717, 1.165) is 0 Å². The molecule has 0 fully saturated rings. The van der Waals surface area contributed by atoms with E-state index >= 15 is 0 Å². The highest BCUT2D eigenvalue weighted by Crippen LogP contribution is 2.31. The molecule has 0 spiro atoms. The van der Waals surface area contributed by atoms with Crippen LogP contribution < -0.4 is 5.32 Å². The third-order valence-corrected chi connectivity index (χ3v) is 2.53. The fourth-order valence-corrected chi connectivity index (χ4v) is 1.69. The molecule has 1 aromatic rings. The zero-order valence-electron chi connectivity index (χ0n) is 8.33. The minimum Gasteiger partial charge on any atom is -0.478 e. The first-order valence-electron chi connectivity index (χ1n) is 4.35. The number of nitrogens with zero attached hydrogens (tertiary/aromatic N) is 1. The Hall–Kier alpha value is -1.77. The van der Waals surface area contributed by atoms with Gasteiger partial charge in [0, 0.05) is 0 Å². The Kier molecular flexibility index (Phi) is 4.32. The second-order valence-electron chi connectivity index (χ2n) is 2.97. The fraction of sp³-hybridized carbons (Fsp3) is 0.100. The quantitative estimate of drug-likeness (QED) is 0.885. The molecule has 0 aliphatic heterocycles. The van der Waals surface area contributed by atoms with Crippen LogP contribution in [0.25, 0.3) is 0 Å². The molecule has 1 aromatic carbocycles. The molecule has 7 heteroatoms. The van der Waals surface area contributed by atoms with Gasteiger partial charge >= 0.3 is 5.97 Å². The summed E-state index contributed by atoms with van der Waals surface area (Å²) >= 11 is 11.5. The van der Waals surface area contributed by atoms with Gasteiger partial charge in [-0.3, -0.25) is 4.79 Å². The molecule has 88 valence electrons. The molecule has 2 N–H and O–H groups in total. The monoisotopic (exact) mass is 272 g/mol. The lowest BCUT2D eigenvalue weighted by atomic mass is 10.2. The lowest BCUT2D eigenvalue weighted by Crippen LogP contribution is -2.12. The predicted molar refractivity (Wildman–Crippen MR) is 62.3 cm³/mol. The van der Waals surface area contributed by atoms with Crippen molar-refractivity contribution >= 4 is 40.8 Å². The highest BCUT2D eigenvalue weighted by Gasteiger charge is 2.17. The van der Waals surface area contributed by atoms with Crippen LogP contribution in [0.2, 0.25) is 10.0 Å². The average Bonchev–Trinajstić information content (AvgIpc) is 2.22. The number of carboxylic acids is 1. The Morgan fingerprint density at radius 1 is 1.41 bits per heavy atom. The molecule has 0 atom stereocenters. The van der Waals surface area contributed by atoms with Crippen molar-refractivity contribution in [3.05, 3.63) is 27.7 Å². The smallest absolute Gasteiger partial charge is 0.338 e. The number of carbonyl (C=O) groups excluding carboxylic acids is 1. The van der Waals surface area contributed by atoms with E-state index in [1.807, 2.05) is 0 Å². The molecule has 1 amide bonds. The number of hydrogen-bond acceptors (Lipinski definition) is 3. The number of nitriles is 1. The Morgan fingerprint density at radius 2 is 2.06 bits per heavy atom. The molecule has 1 rings (SSSR count). The number of halogens is 2. The van der Waals surface area contributed by atoms with Gasteiger partial charge in [-0.1, -0.05) is 23.2 Å². The standard InChI is InChI=1S/C10H6Cl2N2O3/c11-5-1-2-6(14-7(15)3-4-13)9(12)8(5)10(16)17/h1-2H,3H2,(H,14,15)(H,16,17). The van der Waals surface area contributed by atoms with Gasteiger partial charge in [0.25, 0.3) is 0 Å². The van der Waals surface area contributed by atoms with Gasteiger partial charge in [-0.05, 0) is 12.1 Å². The van der Waals surface area contributed by atoms with Gasteiger partial charge in [-0.2, -0.15) is 5.26 Å². The Morgan fingerprint density at radius 3 is 2.59 bits per heavy atom. The Balaban J connectivity index is 3.12. The lowest BCUT2D eigenvalue weighted by Gasteiger charge is -2.09. The summed E-state index contributed by atoms with van der Waals surface area (Å²) in [7, 11) is 0. The second-order valence-corrected chi connectivity index (χ2v) is 3.76. The van der Waals surface area contributed by atoms with E-state index < -0.39 is 11.9 Å². The van der Waals surface area contributed by atoms with E-state index in [2.05, 4.69) is 5.32 Å². The van der Waals surface area contributed by atoms with Crippen molar-refractivity contribution in [2.45, 2.75) is 6.42 Å². The summed E-state index contributed by atoms with van der Waals surface area (Å²) < 4.78 is 0. The van der Waals surface area contributed by atoms with Gasteiger partial charge in [0.2, 0.25) is 5.91 Å². The summed E-state index contributed by atoms with van der Waals surface area (Å²) in [5.41, 5.74) is -0.184. The van der Waals surface area contributed by atoms with E-state index in [1.54, 1.807) is 6.07 Å². The van der Waals surface area contributed by atoms with Gasteiger partial charge in [0.1, 0.15) is 6.42 Å². The first-order chi connectivity index (χ1) is 7.97. The SMILES string of the molecule is N#CCC(=O)Nc1ccc(Cl)c(C(=O)O)c1Cl. The van der Waals surface area contributed by atoms with Gasteiger partial charge in [0.15, 0.2) is 0 Å². The van der Waals surface area contributed by atoms with Crippen LogP contribution >= 0.6 is 23.2 Å². The number of nitrogens with one attached hydrogen (secondary N) is 1. The molecular weight excluding hydrogens is 267 g/mol. The molecule has 0 aliphatic rings. The number of amides is 1. The van der Waals surface area contributed by atoms with Crippen LogP contribution in [-0.4, -0.2) is 17.0 Å². The van der Waals surface area contributed by atoms with E-state index in [1.165, 1.54) is 12.1 Å². The van der Waals surface area contributed by atoms with Crippen LogP contribution in [0.5, 0.6) is 0 Å². The fourth-order valence-electron chi connectivity index (χ4n) is 1.11. The second kappa shape index (κ2) is 5.53. The summed E-state index contributed by atoms with van der Waals surface area (Å²) in [4.78, 5) is 22.0. The summed E-state index contributed by atoms with van der Waals surface area (Å²) in [6.07, 6.45) is -0.346. The number of anilines is 1. The number of benzene rings is 1. The van der Waals surface area contributed by atoms with Crippen molar-refractivity contribution in [1.29, 1.82) is 5.26 Å². The van der Waals surface area contributed by atoms with Crippen molar-refractivity contribution in [3.63, 3.8) is 0 Å². The molecular formula is C10H6Cl2N2O3. The third-order valence-electron chi connectivity index (χ3n) is 1.82. The topological polar surface area (TPSA) is 90.2 Å². The molecule has 0 aromatic heterocycles. The number of carboxylic acid groups (broad SMARTS) is 1. The first-order valence-corrected chi connectivity index (χ1v) is 5.11. The van der Waals surface area contributed by atoms with Crippen molar-refractivity contribution in [3.8, 4) is 6.07 Å². The molecule has 0 saturated heterocycles. The zero-order valence-corrected chi connectivity index (χ0v) is 9.84. The van der Waals surface area contributed by atoms with Gasteiger partial charge in [-0.15, -0.1) is 0 Å². The molecule has 0 aliphatic carbocycles. The molecule has 0 radical (unpaired) electrons.